The molecule has 0 N–H and O–H groups in total. The molecule has 0 aromatic carbocycles. The fourth-order valence-corrected chi connectivity index (χ4v) is 5.03. The topological polar surface area (TPSA) is 69.9 Å². The van der Waals surface area contributed by atoms with Crippen molar-refractivity contribution in [2.24, 2.45) is 15.8 Å². The SMILES string of the molecule is COCCn1c(C)c(C)s/c1=N\C(=O)[C@@]12CC[C@@](C)(C(=O)O1)C2(C)C. The van der Waals surface area contributed by atoms with Gasteiger partial charge in [-0.2, -0.15) is 4.99 Å². The minimum atomic E-state index is -1.15. The third-order valence-electron chi connectivity index (χ3n) is 6.53. The summed E-state index contributed by atoms with van der Waals surface area (Å²) in [7, 11) is 1.65. The number of carbonyl (C=O) groups excluding carboxylic acids is 2. The van der Waals surface area contributed by atoms with Crippen molar-refractivity contribution in [3.8, 4) is 0 Å². The van der Waals surface area contributed by atoms with Crippen molar-refractivity contribution in [1.82, 2.24) is 4.57 Å². The molecule has 1 aromatic heterocycles. The minimum Gasteiger partial charge on any atom is -0.448 e. The van der Waals surface area contributed by atoms with Crippen LogP contribution in [-0.2, 0) is 25.6 Å². The maximum Gasteiger partial charge on any atom is 0.313 e. The molecule has 1 aliphatic heterocycles. The van der Waals surface area contributed by atoms with Gasteiger partial charge in [0, 0.05) is 29.6 Å². The van der Waals surface area contributed by atoms with Gasteiger partial charge in [-0.25, -0.2) is 0 Å². The van der Waals surface area contributed by atoms with Crippen molar-refractivity contribution in [1.29, 1.82) is 0 Å². The molecule has 1 aliphatic carbocycles. The molecule has 25 heavy (non-hydrogen) atoms. The van der Waals surface area contributed by atoms with Gasteiger partial charge in [-0.3, -0.25) is 9.59 Å². The second-order valence-corrected chi connectivity index (χ2v) is 8.94. The van der Waals surface area contributed by atoms with E-state index in [0.717, 1.165) is 10.6 Å². The van der Waals surface area contributed by atoms with E-state index in [2.05, 4.69) is 4.99 Å². The molecule has 1 amide bonds. The number of hydrogen-bond acceptors (Lipinski definition) is 5. The fraction of sp³-hybridized carbons (Fsp3) is 0.722. The highest BCUT2D eigenvalue weighted by Gasteiger charge is 2.75. The number of amides is 1. The Morgan fingerprint density at radius 3 is 2.52 bits per heavy atom. The van der Waals surface area contributed by atoms with Gasteiger partial charge in [-0.1, -0.05) is 13.8 Å². The van der Waals surface area contributed by atoms with Gasteiger partial charge in [0.2, 0.25) is 0 Å². The number of carbonyl (C=O) groups is 2. The van der Waals surface area contributed by atoms with E-state index in [1.165, 1.54) is 11.3 Å². The van der Waals surface area contributed by atoms with E-state index < -0.39 is 16.4 Å². The first-order valence-electron chi connectivity index (χ1n) is 8.59. The zero-order valence-electron chi connectivity index (χ0n) is 15.8. The minimum absolute atomic E-state index is 0.280. The van der Waals surface area contributed by atoms with E-state index in [4.69, 9.17) is 9.47 Å². The van der Waals surface area contributed by atoms with Crippen LogP contribution in [0.3, 0.4) is 0 Å². The highest BCUT2D eigenvalue weighted by Crippen LogP contribution is 2.65. The lowest BCUT2D eigenvalue weighted by Crippen LogP contribution is -2.47. The smallest absolute Gasteiger partial charge is 0.313 e. The molecule has 6 nitrogen and oxygen atoms in total. The Hall–Kier alpha value is -1.47. The van der Waals surface area contributed by atoms with Crippen molar-refractivity contribution in [2.75, 3.05) is 13.7 Å². The number of thiazole rings is 1. The normalized spacial score (nSPS) is 30.8. The van der Waals surface area contributed by atoms with Gasteiger partial charge in [0.05, 0.1) is 12.0 Å². The van der Waals surface area contributed by atoms with Crippen LogP contribution in [-0.4, -0.2) is 35.8 Å². The van der Waals surface area contributed by atoms with Crippen LogP contribution >= 0.6 is 11.3 Å². The average molecular weight is 366 g/mol. The molecular weight excluding hydrogens is 340 g/mol. The summed E-state index contributed by atoms with van der Waals surface area (Å²) >= 11 is 1.48. The second-order valence-electron chi connectivity index (χ2n) is 7.76. The van der Waals surface area contributed by atoms with Crippen LogP contribution in [0.1, 0.15) is 44.2 Å². The second kappa shape index (κ2) is 5.77. The number of rotatable bonds is 4. The molecule has 1 aromatic rings. The summed E-state index contributed by atoms with van der Waals surface area (Å²) in [5.41, 5.74) is -1.27. The molecule has 138 valence electrons. The number of ether oxygens (including phenoxy) is 2. The molecule has 0 spiro atoms. The number of esters is 1. The summed E-state index contributed by atoms with van der Waals surface area (Å²) in [6.45, 7) is 11.0. The van der Waals surface area contributed by atoms with Crippen molar-refractivity contribution >= 4 is 23.2 Å². The summed E-state index contributed by atoms with van der Waals surface area (Å²) in [4.78, 5) is 31.7. The monoisotopic (exact) mass is 366 g/mol. The average Bonchev–Trinajstić information content (AvgIpc) is 2.98. The maximum atomic E-state index is 13.2. The predicted octanol–water partition coefficient (Wildman–Crippen LogP) is 2.36. The summed E-state index contributed by atoms with van der Waals surface area (Å²) in [6.07, 6.45) is 1.19. The third-order valence-corrected chi connectivity index (χ3v) is 7.63. The number of nitrogens with zero attached hydrogens (tertiary/aromatic N) is 2. The van der Waals surface area contributed by atoms with Crippen molar-refractivity contribution < 1.29 is 19.1 Å². The standard InChI is InChI=1S/C18H26N2O4S/c1-11-12(2)25-15(20(11)9-10-23-6)19-13(21)18-8-7-17(5,14(22)24-18)16(18,3)4/h7-10H2,1-6H3/b19-15-/t17-,18+/m0/s1. The van der Waals surface area contributed by atoms with Gasteiger partial charge in [-0.05, 0) is 33.6 Å². The van der Waals surface area contributed by atoms with E-state index in [1.54, 1.807) is 7.11 Å². The number of aromatic nitrogens is 1. The summed E-state index contributed by atoms with van der Waals surface area (Å²) < 4.78 is 12.8. The predicted molar refractivity (Wildman–Crippen MR) is 94.2 cm³/mol. The first-order chi connectivity index (χ1) is 11.6. The van der Waals surface area contributed by atoms with E-state index in [-0.39, 0.29) is 11.9 Å². The molecule has 1 saturated heterocycles. The molecule has 2 aliphatic rings. The quantitative estimate of drug-likeness (QED) is 0.767. The maximum absolute atomic E-state index is 13.2. The van der Waals surface area contributed by atoms with Crippen LogP contribution < -0.4 is 4.80 Å². The van der Waals surface area contributed by atoms with Crippen LogP contribution in [0, 0.1) is 24.7 Å². The van der Waals surface area contributed by atoms with E-state index in [1.807, 2.05) is 39.2 Å². The van der Waals surface area contributed by atoms with Crippen LogP contribution in [0.25, 0.3) is 0 Å². The number of hydrogen-bond donors (Lipinski definition) is 0. The summed E-state index contributed by atoms with van der Waals surface area (Å²) in [6, 6.07) is 0. The fourth-order valence-electron chi connectivity index (χ4n) is 4.03. The third kappa shape index (κ3) is 2.28. The lowest BCUT2D eigenvalue weighted by Gasteiger charge is -2.33. The molecule has 2 bridgehead atoms. The highest BCUT2D eigenvalue weighted by atomic mass is 32.1. The van der Waals surface area contributed by atoms with Gasteiger partial charge in [-0.15, -0.1) is 11.3 Å². The Bertz CT molecular complexity index is 806. The molecule has 0 unspecified atom stereocenters. The largest absolute Gasteiger partial charge is 0.448 e. The van der Waals surface area contributed by atoms with Gasteiger partial charge in [0.25, 0.3) is 5.91 Å². The van der Waals surface area contributed by atoms with Crippen molar-refractivity contribution in [3.63, 3.8) is 0 Å². The number of fused-ring (bicyclic) bond motifs is 2. The number of methoxy groups -OCH3 is 1. The molecule has 1 saturated carbocycles. The van der Waals surface area contributed by atoms with Crippen LogP contribution in [0.2, 0.25) is 0 Å². The first kappa shape index (κ1) is 18.3. The van der Waals surface area contributed by atoms with Gasteiger partial charge >= 0.3 is 5.97 Å². The molecule has 0 radical (unpaired) electrons. The highest BCUT2D eigenvalue weighted by molar-refractivity contribution is 7.09. The molecule has 2 atom stereocenters. The molecule has 2 fully saturated rings. The summed E-state index contributed by atoms with van der Waals surface area (Å²) in [5, 5.41) is 0. The zero-order chi connectivity index (χ0) is 18.6. The van der Waals surface area contributed by atoms with Crippen LogP contribution in [0.15, 0.2) is 4.99 Å². The van der Waals surface area contributed by atoms with E-state index in [9.17, 15) is 9.59 Å². The molecular formula is C18H26N2O4S. The zero-order valence-corrected chi connectivity index (χ0v) is 16.6. The Morgan fingerprint density at radius 2 is 2.00 bits per heavy atom. The van der Waals surface area contributed by atoms with Gasteiger partial charge in [0.1, 0.15) is 0 Å². The van der Waals surface area contributed by atoms with E-state index >= 15 is 0 Å². The lowest BCUT2D eigenvalue weighted by atomic mass is 9.66. The van der Waals surface area contributed by atoms with Crippen LogP contribution in [0.5, 0.6) is 0 Å². The lowest BCUT2D eigenvalue weighted by molar-refractivity contribution is -0.166. The first-order valence-corrected chi connectivity index (χ1v) is 9.41. The Labute approximate surface area is 151 Å². The molecule has 3 rings (SSSR count). The van der Waals surface area contributed by atoms with Gasteiger partial charge in [0.15, 0.2) is 10.4 Å². The van der Waals surface area contributed by atoms with E-state index in [0.29, 0.717) is 30.8 Å². The van der Waals surface area contributed by atoms with Crippen molar-refractivity contribution in [3.05, 3.63) is 15.4 Å². The molecule has 7 heteroatoms. The Morgan fingerprint density at radius 1 is 1.32 bits per heavy atom. The Balaban J connectivity index is 2.05. The van der Waals surface area contributed by atoms with Gasteiger partial charge < -0.3 is 14.0 Å². The number of aryl methyl sites for hydroxylation is 1. The van der Waals surface area contributed by atoms with Crippen molar-refractivity contribution in [2.45, 2.75) is 59.6 Å². The molecule has 2 heterocycles. The summed E-state index contributed by atoms with van der Waals surface area (Å²) in [5.74, 6) is -0.627. The Kier molecular flexibility index (Phi) is 4.23. The van der Waals surface area contributed by atoms with Crippen LogP contribution in [0.4, 0.5) is 0 Å².